The Morgan fingerprint density at radius 3 is 2.56 bits per heavy atom. The first-order valence-corrected chi connectivity index (χ1v) is 8.22. The highest BCUT2D eigenvalue weighted by Gasteiger charge is 2.38. The molecule has 2 fully saturated rings. The molecule has 1 saturated carbocycles. The predicted molar refractivity (Wildman–Crippen MR) is 74.2 cm³/mol. The van der Waals surface area contributed by atoms with Crippen LogP contribution in [0.2, 0.25) is 0 Å². The molecule has 0 bridgehead atoms. The number of likely N-dealkylation sites (tertiary alicyclic amines) is 1. The van der Waals surface area contributed by atoms with E-state index in [-0.39, 0.29) is 0 Å². The van der Waals surface area contributed by atoms with Crippen molar-refractivity contribution in [2.45, 2.75) is 64.3 Å². The molecule has 1 aliphatic heterocycles. The SMILES string of the molecule is CCC1CCCCCN1CC1(CBr)CCC1. The molecule has 1 unspecified atom stereocenters. The third-order valence-corrected chi connectivity index (χ3v) is 5.90. The lowest BCUT2D eigenvalue weighted by Gasteiger charge is -2.45. The van der Waals surface area contributed by atoms with Gasteiger partial charge in [-0.3, -0.25) is 4.90 Å². The van der Waals surface area contributed by atoms with Crippen molar-refractivity contribution in [2.24, 2.45) is 5.41 Å². The molecule has 1 nitrogen and oxygen atoms in total. The average Bonchev–Trinajstić information content (AvgIpc) is 2.48. The van der Waals surface area contributed by atoms with E-state index in [9.17, 15) is 0 Å². The van der Waals surface area contributed by atoms with Gasteiger partial charge < -0.3 is 0 Å². The van der Waals surface area contributed by atoms with Crippen molar-refractivity contribution in [3.63, 3.8) is 0 Å². The Kier molecular flexibility index (Phi) is 4.72. The van der Waals surface area contributed by atoms with Crippen molar-refractivity contribution in [3.05, 3.63) is 0 Å². The van der Waals surface area contributed by atoms with Crippen molar-refractivity contribution >= 4 is 15.9 Å². The van der Waals surface area contributed by atoms with E-state index in [1.54, 1.807) is 0 Å². The van der Waals surface area contributed by atoms with Gasteiger partial charge in [0.15, 0.2) is 0 Å². The van der Waals surface area contributed by atoms with Gasteiger partial charge in [-0.05, 0) is 44.1 Å². The molecular weight excluding hydrogens is 262 g/mol. The van der Waals surface area contributed by atoms with Crippen molar-refractivity contribution < 1.29 is 0 Å². The van der Waals surface area contributed by atoms with Crippen LogP contribution >= 0.6 is 15.9 Å². The summed E-state index contributed by atoms with van der Waals surface area (Å²) in [6.07, 6.45) is 11.5. The number of nitrogens with zero attached hydrogens (tertiary/aromatic N) is 1. The summed E-state index contributed by atoms with van der Waals surface area (Å²) in [6.45, 7) is 5.08. The maximum absolute atomic E-state index is 3.74. The Bertz CT molecular complexity index is 207. The van der Waals surface area contributed by atoms with Crippen molar-refractivity contribution in [1.82, 2.24) is 4.90 Å². The molecular formula is C14H26BrN. The van der Waals surface area contributed by atoms with Crippen molar-refractivity contribution in [2.75, 3.05) is 18.4 Å². The normalized spacial score (nSPS) is 30.8. The minimum atomic E-state index is 0.637. The van der Waals surface area contributed by atoms with Gasteiger partial charge in [-0.2, -0.15) is 0 Å². The van der Waals surface area contributed by atoms with E-state index in [2.05, 4.69) is 27.8 Å². The second-order valence-corrected chi connectivity index (χ2v) is 6.43. The van der Waals surface area contributed by atoms with Gasteiger partial charge in [0.2, 0.25) is 0 Å². The second-order valence-electron chi connectivity index (χ2n) is 5.87. The van der Waals surface area contributed by atoms with Crippen LogP contribution in [-0.4, -0.2) is 29.4 Å². The molecule has 2 aliphatic rings. The van der Waals surface area contributed by atoms with Gasteiger partial charge in [-0.15, -0.1) is 0 Å². The monoisotopic (exact) mass is 287 g/mol. The van der Waals surface area contributed by atoms with Gasteiger partial charge >= 0.3 is 0 Å². The Hall–Kier alpha value is 0.440. The molecule has 0 amide bonds. The molecule has 0 aromatic heterocycles. The van der Waals surface area contributed by atoms with E-state index in [1.807, 2.05) is 0 Å². The largest absolute Gasteiger partial charge is 0.300 e. The summed E-state index contributed by atoms with van der Waals surface area (Å²) < 4.78 is 0. The minimum absolute atomic E-state index is 0.637. The average molecular weight is 288 g/mol. The molecule has 1 aliphatic carbocycles. The fourth-order valence-corrected chi connectivity index (χ4v) is 4.09. The van der Waals surface area contributed by atoms with Crippen LogP contribution in [0.3, 0.4) is 0 Å². The lowest BCUT2D eigenvalue weighted by Crippen LogP contribution is -2.47. The topological polar surface area (TPSA) is 3.24 Å². The van der Waals surface area contributed by atoms with Crippen LogP contribution in [0.5, 0.6) is 0 Å². The Labute approximate surface area is 109 Å². The van der Waals surface area contributed by atoms with Crippen molar-refractivity contribution in [1.29, 1.82) is 0 Å². The molecule has 0 radical (unpaired) electrons. The number of hydrogen-bond acceptors (Lipinski definition) is 1. The van der Waals surface area contributed by atoms with Crippen LogP contribution in [0.25, 0.3) is 0 Å². The highest BCUT2D eigenvalue weighted by molar-refractivity contribution is 9.09. The third-order valence-electron chi connectivity index (χ3n) is 4.71. The zero-order valence-corrected chi connectivity index (χ0v) is 12.3. The predicted octanol–water partition coefficient (Wildman–Crippen LogP) is 4.21. The molecule has 1 heterocycles. The lowest BCUT2D eigenvalue weighted by molar-refractivity contribution is 0.0647. The van der Waals surface area contributed by atoms with E-state index < -0.39 is 0 Å². The number of rotatable bonds is 4. The van der Waals surface area contributed by atoms with Crippen LogP contribution in [0, 0.1) is 5.41 Å². The molecule has 0 N–H and O–H groups in total. The maximum Gasteiger partial charge on any atom is 0.0100 e. The van der Waals surface area contributed by atoms with E-state index >= 15 is 0 Å². The van der Waals surface area contributed by atoms with Gasteiger partial charge in [0.1, 0.15) is 0 Å². The first-order valence-electron chi connectivity index (χ1n) is 7.10. The number of alkyl halides is 1. The van der Waals surface area contributed by atoms with Gasteiger partial charge in [-0.1, -0.05) is 42.1 Å². The van der Waals surface area contributed by atoms with Gasteiger partial charge in [-0.25, -0.2) is 0 Å². The maximum atomic E-state index is 3.74. The van der Waals surface area contributed by atoms with E-state index in [4.69, 9.17) is 0 Å². The molecule has 2 heteroatoms. The highest BCUT2D eigenvalue weighted by Crippen LogP contribution is 2.43. The summed E-state index contributed by atoms with van der Waals surface area (Å²) >= 11 is 3.74. The fraction of sp³-hybridized carbons (Fsp3) is 1.00. The molecule has 0 spiro atoms. The quantitative estimate of drug-likeness (QED) is 0.701. The molecule has 0 aromatic rings. The fourth-order valence-electron chi connectivity index (χ4n) is 3.35. The molecule has 16 heavy (non-hydrogen) atoms. The van der Waals surface area contributed by atoms with Gasteiger partial charge in [0, 0.05) is 17.9 Å². The first kappa shape index (κ1) is 12.9. The Morgan fingerprint density at radius 1 is 1.19 bits per heavy atom. The summed E-state index contributed by atoms with van der Waals surface area (Å²) in [4.78, 5) is 2.81. The smallest absolute Gasteiger partial charge is 0.0100 e. The Balaban J connectivity index is 1.94. The number of hydrogen-bond donors (Lipinski definition) is 0. The molecule has 2 rings (SSSR count). The highest BCUT2D eigenvalue weighted by atomic mass is 79.9. The summed E-state index contributed by atoms with van der Waals surface area (Å²) in [5.41, 5.74) is 0.637. The molecule has 1 saturated heterocycles. The summed E-state index contributed by atoms with van der Waals surface area (Å²) in [7, 11) is 0. The minimum Gasteiger partial charge on any atom is -0.300 e. The molecule has 94 valence electrons. The third kappa shape index (κ3) is 2.81. The zero-order chi connectivity index (χ0) is 11.4. The van der Waals surface area contributed by atoms with E-state index in [0.717, 1.165) is 6.04 Å². The summed E-state index contributed by atoms with van der Waals surface area (Å²) in [5, 5.41) is 1.22. The number of halogens is 1. The van der Waals surface area contributed by atoms with Crippen LogP contribution in [0.4, 0.5) is 0 Å². The Morgan fingerprint density at radius 2 is 2.00 bits per heavy atom. The molecule has 0 aromatic carbocycles. The first-order chi connectivity index (χ1) is 7.79. The van der Waals surface area contributed by atoms with Gasteiger partial charge in [0.25, 0.3) is 0 Å². The lowest BCUT2D eigenvalue weighted by atomic mass is 9.70. The van der Waals surface area contributed by atoms with Crippen LogP contribution in [0.1, 0.15) is 58.3 Å². The van der Waals surface area contributed by atoms with Gasteiger partial charge in [0.05, 0.1) is 0 Å². The van der Waals surface area contributed by atoms with E-state index in [0.29, 0.717) is 5.41 Å². The van der Waals surface area contributed by atoms with E-state index in [1.165, 1.54) is 69.8 Å². The molecule has 1 atom stereocenters. The van der Waals surface area contributed by atoms with Crippen molar-refractivity contribution in [3.8, 4) is 0 Å². The van der Waals surface area contributed by atoms with Crippen LogP contribution < -0.4 is 0 Å². The zero-order valence-electron chi connectivity index (χ0n) is 10.7. The standard InChI is InChI=1S/C14H26BrN/c1-2-13-7-4-3-5-10-16(13)12-14(11-15)8-6-9-14/h13H,2-12H2,1H3. The second kappa shape index (κ2) is 5.86. The summed E-state index contributed by atoms with van der Waals surface area (Å²) in [5.74, 6) is 0. The van der Waals surface area contributed by atoms with Crippen LogP contribution in [-0.2, 0) is 0 Å². The van der Waals surface area contributed by atoms with Crippen LogP contribution in [0.15, 0.2) is 0 Å². The summed E-state index contributed by atoms with van der Waals surface area (Å²) in [6, 6.07) is 0.874.